The van der Waals surface area contributed by atoms with Gasteiger partial charge in [-0.3, -0.25) is 4.79 Å². The van der Waals surface area contributed by atoms with Gasteiger partial charge < -0.3 is 4.90 Å². The molecule has 1 fully saturated rings. The standard InChI is InChI=1S/C18H29N3O3S/c1-3-4-11-20(2)25(23,24)19-15-16-9-8-10-17(14-16)18(22)21-12-6-5-7-13-21/h8-10,14,19H,3-7,11-13,15H2,1-2H3. The van der Waals surface area contributed by atoms with Gasteiger partial charge >= 0.3 is 0 Å². The second kappa shape index (κ2) is 9.31. The molecule has 25 heavy (non-hydrogen) atoms. The van der Waals surface area contributed by atoms with Crippen LogP contribution in [0.15, 0.2) is 24.3 Å². The van der Waals surface area contributed by atoms with Gasteiger partial charge in [-0.25, -0.2) is 0 Å². The van der Waals surface area contributed by atoms with Crippen LogP contribution >= 0.6 is 0 Å². The Labute approximate surface area is 151 Å². The summed E-state index contributed by atoms with van der Waals surface area (Å²) in [6.07, 6.45) is 5.06. The number of benzene rings is 1. The number of hydrogen-bond donors (Lipinski definition) is 1. The van der Waals surface area contributed by atoms with E-state index in [0.29, 0.717) is 12.1 Å². The molecule has 1 saturated heterocycles. The van der Waals surface area contributed by atoms with E-state index in [2.05, 4.69) is 4.72 Å². The Morgan fingerprint density at radius 2 is 1.96 bits per heavy atom. The third-order valence-corrected chi connectivity index (χ3v) is 6.03. The first kappa shape index (κ1) is 19.9. The summed E-state index contributed by atoms with van der Waals surface area (Å²) in [5, 5.41) is 0. The van der Waals surface area contributed by atoms with Crippen molar-refractivity contribution in [3.05, 3.63) is 35.4 Å². The van der Waals surface area contributed by atoms with Crippen LogP contribution < -0.4 is 4.72 Å². The number of nitrogens with one attached hydrogen (secondary N) is 1. The molecule has 6 nitrogen and oxygen atoms in total. The molecule has 0 atom stereocenters. The molecule has 1 amide bonds. The first-order valence-electron chi connectivity index (χ1n) is 9.03. The number of amides is 1. The minimum Gasteiger partial charge on any atom is -0.339 e. The summed E-state index contributed by atoms with van der Waals surface area (Å²) in [4.78, 5) is 14.4. The van der Waals surface area contributed by atoms with Crippen LogP contribution in [0.2, 0.25) is 0 Å². The molecule has 1 heterocycles. The highest BCUT2D eigenvalue weighted by Crippen LogP contribution is 2.14. The molecule has 0 aliphatic carbocycles. The first-order valence-corrected chi connectivity index (χ1v) is 10.5. The summed E-state index contributed by atoms with van der Waals surface area (Å²) in [6, 6.07) is 7.22. The van der Waals surface area contributed by atoms with Crippen LogP contribution in [0.4, 0.5) is 0 Å². The van der Waals surface area contributed by atoms with Crippen molar-refractivity contribution in [2.24, 2.45) is 0 Å². The summed E-state index contributed by atoms with van der Waals surface area (Å²) in [5.41, 5.74) is 1.41. The molecule has 2 rings (SSSR count). The minimum absolute atomic E-state index is 0.0319. The number of likely N-dealkylation sites (tertiary alicyclic amines) is 1. The number of unbranched alkanes of at least 4 members (excludes halogenated alkanes) is 1. The number of rotatable bonds is 8. The van der Waals surface area contributed by atoms with Crippen LogP contribution in [0.3, 0.4) is 0 Å². The Hall–Kier alpha value is -1.44. The molecule has 1 aromatic rings. The summed E-state index contributed by atoms with van der Waals surface area (Å²) >= 11 is 0. The van der Waals surface area contributed by atoms with E-state index in [4.69, 9.17) is 0 Å². The van der Waals surface area contributed by atoms with E-state index < -0.39 is 10.2 Å². The maximum absolute atomic E-state index is 12.6. The van der Waals surface area contributed by atoms with Crippen molar-refractivity contribution in [3.63, 3.8) is 0 Å². The molecule has 0 radical (unpaired) electrons. The fourth-order valence-corrected chi connectivity index (χ4v) is 3.82. The molecular weight excluding hydrogens is 338 g/mol. The zero-order valence-corrected chi connectivity index (χ0v) is 16.0. The predicted octanol–water partition coefficient (Wildman–Crippen LogP) is 2.38. The molecule has 0 aromatic heterocycles. The summed E-state index contributed by atoms with van der Waals surface area (Å²) in [7, 11) is -1.92. The third-order valence-electron chi connectivity index (χ3n) is 4.51. The van der Waals surface area contributed by atoms with Gasteiger partial charge in [0, 0.05) is 38.8 Å². The van der Waals surface area contributed by atoms with E-state index in [9.17, 15) is 13.2 Å². The average Bonchev–Trinajstić information content (AvgIpc) is 2.64. The first-order chi connectivity index (χ1) is 11.9. The van der Waals surface area contributed by atoms with Gasteiger partial charge in [-0.15, -0.1) is 0 Å². The van der Waals surface area contributed by atoms with Gasteiger partial charge in [0.1, 0.15) is 0 Å². The van der Waals surface area contributed by atoms with Crippen LogP contribution in [-0.2, 0) is 16.8 Å². The maximum atomic E-state index is 12.6. The van der Waals surface area contributed by atoms with Gasteiger partial charge in [0.25, 0.3) is 16.1 Å². The highest BCUT2D eigenvalue weighted by Gasteiger charge is 2.19. The van der Waals surface area contributed by atoms with Crippen LogP contribution in [0.1, 0.15) is 54.9 Å². The molecule has 1 aliphatic heterocycles. The fourth-order valence-electron chi connectivity index (χ4n) is 2.88. The van der Waals surface area contributed by atoms with E-state index >= 15 is 0 Å². The second-order valence-electron chi connectivity index (χ2n) is 6.55. The van der Waals surface area contributed by atoms with Crippen LogP contribution in [0.5, 0.6) is 0 Å². The average molecular weight is 368 g/mol. The van der Waals surface area contributed by atoms with Crippen molar-refractivity contribution >= 4 is 16.1 Å². The third kappa shape index (κ3) is 5.80. The summed E-state index contributed by atoms with van der Waals surface area (Å²) < 4.78 is 28.4. The van der Waals surface area contributed by atoms with E-state index in [-0.39, 0.29) is 12.5 Å². The highest BCUT2D eigenvalue weighted by atomic mass is 32.2. The molecule has 0 saturated carbocycles. The molecule has 1 aliphatic rings. The van der Waals surface area contributed by atoms with Crippen molar-refractivity contribution < 1.29 is 13.2 Å². The Bertz CT molecular complexity index is 670. The van der Waals surface area contributed by atoms with Gasteiger partial charge in [-0.2, -0.15) is 17.4 Å². The topological polar surface area (TPSA) is 69.7 Å². The Morgan fingerprint density at radius 3 is 2.64 bits per heavy atom. The molecule has 7 heteroatoms. The molecule has 1 aromatic carbocycles. The Morgan fingerprint density at radius 1 is 1.24 bits per heavy atom. The summed E-state index contributed by atoms with van der Waals surface area (Å²) in [6.45, 7) is 4.31. The maximum Gasteiger partial charge on any atom is 0.279 e. The smallest absolute Gasteiger partial charge is 0.279 e. The molecular formula is C18H29N3O3S. The van der Waals surface area contributed by atoms with E-state index in [1.165, 1.54) is 10.7 Å². The van der Waals surface area contributed by atoms with Crippen molar-refractivity contribution in [2.75, 3.05) is 26.7 Å². The van der Waals surface area contributed by atoms with Crippen molar-refractivity contribution in [2.45, 2.75) is 45.6 Å². The lowest BCUT2D eigenvalue weighted by Crippen LogP contribution is -2.38. The van der Waals surface area contributed by atoms with Gasteiger partial charge in [-0.05, 0) is 43.4 Å². The minimum atomic E-state index is -3.50. The van der Waals surface area contributed by atoms with Gasteiger partial charge in [0.15, 0.2) is 0 Å². The highest BCUT2D eigenvalue weighted by molar-refractivity contribution is 7.87. The summed E-state index contributed by atoms with van der Waals surface area (Å²) in [5.74, 6) is 0.0319. The molecule has 0 unspecified atom stereocenters. The van der Waals surface area contributed by atoms with E-state index in [1.54, 1.807) is 19.2 Å². The zero-order valence-electron chi connectivity index (χ0n) is 15.2. The van der Waals surface area contributed by atoms with Crippen LogP contribution in [0.25, 0.3) is 0 Å². The van der Waals surface area contributed by atoms with Gasteiger partial charge in [0.2, 0.25) is 0 Å². The molecule has 0 bridgehead atoms. The zero-order chi connectivity index (χ0) is 18.3. The molecule has 0 spiro atoms. The number of carbonyl (C=O) groups excluding carboxylic acids is 1. The van der Waals surface area contributed by atoms with Crippen molar-refractivity contribution in [1.29, 1.82) is 0 Å². The fraction of sp³-hybridized carbons (Fsp3) is 0.611. The lowest BCUT2D eigenvalue weighted by molar-refractivity contribution is 0.0724. The van der Waals surface area contributed by atoms with Crippen molar-refractivity contribution in [3.8, 4) is 0 Å². The second-order valence-corrected chi connectivity index (χ2v) is 8.42. The largest absolute Gasteiger partial charge is 0.339 e. The van der Waals surface area contributed by atoms with Crippen LogP contribution in [0, 0.1) is 0 Å². The number of hydrogen-bond acceptors (Lipinski definition) is 3. The predicted molar refractivity (Wildman–Crippen MR) is 99.5 cm³/mol. The Kier molecular flexibility index (Phi) is 7.40. The van der Waals surface area contributed by atoms with Crippen LogP contribution in [-0.4, -0.2) is 50.2 Å². The van der Waals surface area contributed by atoms with Gasteiger partial charge in [-0.1, -0.05) is 25.5 Å². The molecule has 1 N–H and O–H groups in total. The lowest BCUT2D eigenvalue weighted by Gasteiger charge is -2.26. The normalized spacial score (nSPS) is 15.6. The molecule has 140 valence electrons. The van der Waals surface area contributed by atoms with E-state index in [1.807, 2.05) is 24.0 Å². The van der Waals surface area contributed by atoms with E-state index in [0.717, 1.165) is 44.3 Å². The Balaban J connectivity index is 1.98. The monoisotopic (exact) mass is 367 g/mol. The SMILES string of the molecule is CCCCN(C)S(=O)(=O)NCc1cccc(C(=O)N2CCCCC2)c1. The lowest BCUT2D eigenvalue weighted by atomic mass is 10.1. The number of piperidine rings is 1. The quantitative estimate of drug-likeness (QED) is 0.767. The number of nitrogens with zero attached hydrogens (tertiary/aromatic N) is 2. The van der Waals surface area contributed by atoms with Gasteiger partial charge in [0.05, 0.1) is 0 Å². The number of carbonyl (C=O) groups is 1. The van der Waals surface area contributed by atoms with Crippen molar-refractivity contribution in [1.82, 2.24) is 13.9 Å².